The largest absolute Gasteiger partial charge is 0.450 e. The summed E-state index contributed by atoms with van der Waals surface area (Å²) in [5.74, 6) is -0.133. The van der Waals surface area contributed by atoms with Gasteiger partial charge in [-0.15, -0.1) is 0 Å². The van der Waals surface area contributed by atoms with Gasteiger partial charge in [0.2, 0.25) is 5.91 Å². The Labute approximate surface area is 159 Å². The van der Waals surface area contributed by atoms with Crippen LogP contribution in [0.3, 0.4) is 0 Å². The van der Waals surface area contributed by atoms with Crippen LogP contribution in [0.25, 0.3) is 0 Å². The van der Waals surface area contributed by atoms with Crippen LogP contribution in [0.1, 0.15) is 30.0 Å². The van der Waals surface area contributed by atoms with Crippen molar-refractivity contribution in [2.75, 3.05) is 13.2 Å². The molecule has 0 aliphatic heterocycles. The first-order valence-electron chi connectivity index (χ1n) is 9.04. The highest BCUT2D eigenvalue weighted by Gasteiger charge is 2.07. The fraction of sp³-hybridized carbons (Fsp3) is 0.333. The summed E-state index contributed by atoms with van der Waals surface area (Å²) in [6.45, 7) is 3.72. The lowest BCUT2D eigenvalue weighted by Gasteiger charge is -2.12. The molecule has 6 heteroatoms. The number of amides is 2. The van der Waals surface area contributed by atoms with Gasteiger partial charge in [0.1, 0.15) is 0 Å². The van der Waals surface area contributed by atoms with Gasteiger partial charge in [0, 0.05) is 19.5 Å². The van der Waals surface area contributed by atoms with Crippen LogP contribution in [-0.4, -0.2) is 25.2 Å². The first-order valence-corrected chi connectivity index (χ1v) is 9.04. The van der Waals surface area contributed by atoms with Crippen molar-refractivity contribution in [1.29, 1.82) is 0 Å². The molecule has 2 aromatic carbocycles. The third-order valence-corrected chi connectivity index (χ3v) is 3.86. The highest BCUT2D eigenvalue weighted by atomic mass is 16.5. The molecule has 0 spiro atoms. The van der Waals surface area contributed by atoms with Gasteiger partial charge in [0.15, 0.2) is 0 Å². The van der Waals surface area contributed by atoms with Gasteiger partial charge in [-0.1, -0.05) is 54.6 Å². The van der Waals surface area contributed by atoms with Crippen LogP contribution in [0.2, 0.25) is 0 Å². The van der Waals surface area contributed by atoms with Crippen LogP contribution in [0.15, 0.2) is 54.6 Å². The van der Waals surface area contributed by atoms with Crippen molar-refractivity contribution in [2.24, 2.45) is 0 Å². The molecule has 0 fully saturated rings. The van der Waals surface area contributed by atoms with E-state index in [0.717, 1.165) is 16.7 Å². The molecule has 0 aliphatic rings. The first kappa shape index (κ1) is 20.5. The van der Waals surface area contributed by atoms with Crippen molar-refractivity contribution in [1.82, 2.24) is 10.6 Å². The van der Waals surface area contributed by atoms with E-state index in [4.69, 9.17) is 9.47 Å². The van der Waals surface area contributed by atoms with E-state index < -0.39 is 6.09 Å². The van der Waals surface area contributed by atoms with Crippen LogP contribution in [0.5, 0.6) is 0 Å². The summed E-state index contributed by atoms with van der Waals surface area (Å²) in [7, 11) is 0. The zero-order valence-electron chi connectivity index (χ0n) is 15.6. The second-order valence-electron chi connectivity index (χ2n) is 5.92. The average Bonchev–Trinajstić information content (AvgIpc) is 2.68. The quantitative estimate of drug-likeness (QED) is 0.674. The molecule has 27 heavy (non-hydrogen) atoms. The molecule has 0 saturated carbocycles. The van der Waals surface area contributed by atoms with Gasteiger partial charge in [0.25, 0.3) is 0 Å². The number of benzene rings is 2. The van der Waals surface area contributed by atoms with E-state index in [0.29, 0.717) is 26.4 Å². The Bertz CT molecular complexity index is 719. The lowest BCUT2D eigenvalue weighted by molar-refractivity contribution is -0.121. The Hall–Kier alpha value is -2.86. The molecule has 144 valence electrons. The Morgan fingerprint density at radius 3 is 2.33 bits per heavy atom. The molecule has 0 atom stereocenters. The first-order chi connectivity index (χ1) is 13.2. The molecule has 0 unspecified atom stereocenters. The maximum atomic E-state index is 11.9. The van der Waals surface area contributed by atoms with E-state index in [2.05, 4.69) is 10.6 Å². The van der Waals surface area contributed by atoms with Crippen molar-refractivity contribution >= 4 is 12.0 Å². The van der Waals surface area contributed by atoms with Gasteiger partial charge in [-0.05, 0) is 23.6 Å². The predicted molar refractivity (Wildman–Crippen MR) is 103 cm³/mol. The van der Waals surface area contributed by atoms with Crippen LogP contribution in [0.4, 0.5) is 4.79 Å². The SMILES string of the molecule is CCOC(=O)NCCC(=O)NCc1ccccc1COCc1ccccc1. The predicted octanol–water partition coefficient (Wildman–Crippen LogP) is 3.16. The number of hydrogen-bond acceptors (Lipinski definition) is 4. The van der Waals surface area contributed by atoms with Crippen LogP contribution >= 0.6 is 0 Å². The molecular formula is C21H26N2O4. The van der Waals surface area contributed by atoms with Crippen LogP contribution in [-0.2, 0) is 34.0 Å². The molecule has 6 nitrogen and oxygen atoms in total. The fourth-order valence-electron chi connectivity index (χ4n) is 2.47. The summed E-state index contributed by atoms with van der Waals surface area (Å²) in [5, 5.41) is 5.39. The van der Waals surface area contributed by atoms with Gasteiger partial charge in [-0.2, -0.15) is 0 Å². The maximum absolute atomic E-state index is 11.9. The Morgan fingerprint density at radius 2 is 1.59 bits per heavy atom. The number of carbonyl (C=O) groups is 2. The van der Waals surface area contributed by atoms with E-state index in [1.54, 1.807) is 6.92 Å². The number of alkyl carbamates (subject to hydrolysis) is 1. The summed E-state index contributed by atoms with van der Waals surface area (Å²) >= 11 is 0. The van der Waals surface area contributed by atoms with Gasteiger partial charge < -0.3 is 20.1 Å². The molecule has 2 aromatic rings. The lowest BCUT2D eigenvalue weighted by atomic mass is 10.1. The molecule has 2 amide bonds. The van der Waals surface area contributed by atoms with E-state index >= 15 is 0 Å². The maximum Gasteiger partial charge on any atom is 0.407 e. The Morgan fingerprint density at radius 1 is 0.889 bits per heavy atom. The smallest absolute Gasteiger partial charge is 0.407 e. The van der Waals surface area contributed by atoms with Crippen molar-refractivity contribution < 1.29 is 19.1 Å². The summed E-state index contributed by atoms with van der Waals surface area (Å²) < 4.78 is 10.5. The monoisotopic (exact) mass is 370 g/mol. The van der Waals surface area contributed by atoms with E-state index in [1.807, 2.05) is 54.6 Å². The number of rotatable bonds is 10. The molecule has 2 N–H and O–H groups in total. The number of carbonyl (C=O) groups excluding carboxylic acids is 2. The summed E-state index contributed by atoms with van der Waals surface area (Å²) in [6, 6.07) is 17.8. The molecular weight excluding hydrogens is 344 g/mol. The fourth-order valence-corrected chi connectivity index (χ4v) is 2.47. The standard InChI is InChI=1S/C21H26N2O4/c1-2-27-21(25)22-13-12-20(24)23-14-18-10-6-7-11-19(18)16-26-15-17-8-4-3-5-9-17/h3-11H,2,12-16H2,1H3,(H,22,25)(H,23,24). The molecule has 0 bridgehead atoms. The Balaban J connectivity index is 1.74. The third-order valence-electron chi connectivity index (χ3n) is 3.86. The molecule has 0 saturated heterocycles. The van der Waals surface area contributed by atoms with Gasteiger partial charge in [0.05, 0.1) is 19.8 Å². The van der Waals surface area contributed by atoms with Crippen molar-refractivity contribution in [3.05, 3.63) is 71.3 Å². The van der Waals surface area contributed by atoms with E-state index in [9.17, 15) is 9.59 Å². The van der Waals surface area contributed by atoms with Crippen molar-refractivity contribution in [2.45, 2.75) is 33.1 Å². The average molecular weight is 370 g/mol. The van der Waals surface area contributed by atoms with Crippen LogP contribution in [0, 0.1) is 0 Å². The third kappa shape index (κ3) is 7.92. The lowest BCUT2D eigenvalue weighted by Crippen LogP contribution is -2.31. The van der Waals surface area contributed by atoms with Crippen molar-refractivity contribution in [3.63, 3.8) is 0 Å². The van der Waals surface area contributed by atoms with E-state index in [1.165, 1.54) is 0 Å². The summed E-state index contributed by atoms with van der Waals surface area (Å²) in [4.78, 5) is 23.1. The van der Waals surface area contributed by atoms with Crippen LogP contribution < -0.4 is 10.6 Å². The molecule has 0 aromatic heterocycles. The molecule has 0 aliphatic carbocycles. The van der Waals surface area contributed by atoms with E-state index in [-0.39, 0.29) is 18.9 Å². The second kappa shape index (κ2) is 11.7. The minimum absolute atomic E-state index is 0.133. The zero-order valence-corrected chi connectivity index (χ0v) is 15.6. The zero-order chi connectivity index (χ0) is 19.3. The molecule has 0 radical (unpaired) electrons. The minimum Gasteiger partial charge on any atom is -0.450 e. The number of ether oxygens (including phenoxy) is 2. The summed E-state index contributed by atoms with van der Waals surface area (Å²) in [6.07, 6.45) is -0.308. The highest BCUT2D eigenvalue weighted by Crippen LogP contribution is 2.11. The number of nitrogens with one attached hydrogen (secondary N) is 2. The molecule has 2 rings (SSSR count). The minimum atomic E-state index is -0.508. The highest BCUT2D eigenvalue weighted by molar-refractivity contribution is 5.77. The summed E-state index contributed by atoms with van der Waals surface area (Å²) in [5.41, 5.74) is 3.17. The van der Waals surface area contributed by atoms with Crippen molar-refractivity contribution in [3.8, 4) is 0 Å². The molecule has 0 heterocycles. The number of hydrogen-bond donors (Lipinski definition) is 2. The van der Waals surface area contributed by atoms with Gasteiger partial charge >= 0.3 is 6.09 Å². The second-order valence-corrected chi connectivity index (χ2v) is 5.92. The normalized spacial score (nSPS) is 10.3. The topological polar surface area (TPSA) is 76.7 Å². The van der Waals surface area contributed by atoms with Gasteiger partial charge in [-0.3, -0.25) is 4.79 Å². The Kier molecular flexibility index (Phi) is 8.86. The van der Waals surface area contributed by atoms with Gasteiger partial charge in [-0.25, -0.2) is 4.79 Å².